The number of nitrogen functional groups attached to an aromatic ring is 2. The first-order valence-electron chi connectivity index (χ1n) is 12.7. The van der Waals surface area contributed by atoms with Gasteiger partial charge in [-0.25, -0.2) is 18.7 Å². The van der Waals surface area contributed by atoms with Gasteiger partial charge in [-0.15, -0.1) is 11.3 Å². The molecule has 1 aliphatic rings. The third-order valence-electron chi connectivity index (χ3n) is 7.48. The molecule has 0 aliphatic carbocycles. The summed E-state index contributed by atoms with van der Waals surface area (Å²) in [6.07, 6.45) is 1.15. The van der Waals surface area contributed by atoms with Crippen LogP contribution in [0.3, 0.4) is 0 Å². The predicted octanol–water partition coefficient (Wildman–Crippen LogP) is 5.36. The number of rotatable bonds is 4. The normalized spacial score (nSPS) is 17.2. The van der Waals surface area contributed by atoms with Crippen molar-refractivity contribution in [3.05, 3.63) is 53.2 Å². The van der Waals surface area contributed by atoms with Crippen molar-refractivity contribution in [1.29, 1.82) is 5.26 Å². The molecule has 3 atom stereocenters. The number of benzene rings is 1. The lowest BCUT2D eigenvalue weighted by Crippen LogP contribution is -2.44. The Morgan fingerprint density at radius 3 is 2.63 bits per heavy atom. The van der Waals surface area contributed by atoms with Gasteiger partial charge in [0.2, 0.25) is 5.88 Å². The lowest BCUT2D eigenvalue weighted by molar-refractivity contribution is 0.186. The van der Waals surface area contributed by atoms with Crippen LogP contribution in [0.4, 0.5) is 25.4 Å². The van der Waals surface area contributed by atoms with Gasteiger partial charge in [-0.1, -0.05) is 6.07 Å². The van der Waals surface area contributed by atoms with E-state index in [-0.39, 0.29) is 66.8 Å². The Hall–Kier alpha value is -4.83. The molecule has 5 heterocycles. The average molecular weight is 575 g/mol. The molecule has 41 heavy (non-hydrogen) atoms. The van der Waals surface area contributed by atoms with Crippen molar-refractivity contribution in [1.82, 2.24) is 19.9 Å². The van der Waals surface area contributed by atoms with Gasteiger partial charge in [0.15, 0.2) is 5.82 Å². The van der Waals surface area contributed by atoms with Crippen LogP contribution in [-0.4, -0.2) is 39.2 Å². The van der Waals surface area contributed by atoms with Crippen LogP contribution < -0.4 is 25.8 Å². The maximum absolute atomic E-state index is 16.6. The Kier molecular flexibility index (Phi) is 6.22. The summed E-state index contributed by atoms with van der Waals surface area (Å²) in [5, 5.41) is 10.3. The van der Waals surface area contributed by atoms with Gasteiger partial charge < -0.3 is 25.8 Å². The first-order chi connectivity index (χ1) is 19.7. The number of fused-ring (bicyclic) bond motifs is 1. The minimum absolute atomic E-state index is 0.0459. The molecule has 0 amide bonds. The predicted molar refractivity (Wildman–Crippen MR) is 153 cm³/mol. The second kappa shape index (κ2) is 9.67. The van der Waals surface area contributed by atoms with Crippen LogP contribution in [-0.2, 0) is 0 Å². The zero-order chi connectivity index (χ0) is 29.2. The number of nitriles is 1. The van der Waals surface area contributed by atoms with Gasteiger partial charge in [-0.2, -0.15) is 15.2 Å². The molecule has 4 aromatic heterocycles. The number of nitrogens with zero attached hydrogens (tertiary/aromatic N) is 6. The largest absolute Gasteiger partial charge is 0.472 e. The number of ether oxygens (including phenoxy) is 2. The quantitative estimate of drug-likeness (QED) is 0.287. The lowest BCUT2D eigenvalue weighted by atomic mass is 10.0. The first kappa shape index (κ1) is 26.4. The van der Waals surface area contributed by atoms with E-state index < -0.39 is 17.7 Å². The SMILES string of the molecule is COc1nc2c3c(nc(-c4ccc(F)c5sc(N)c(C#N)c45)c(F)c3n1)OC(C)C(C)N2C(C)c1cccnc1N. The number of anilines is 3. The van der Waals surface area contributed by atoms with Crippen LogP contribution in [0.5, 0.6) is 11.9 Å². The van der Waals surface area contributed by atoms with Crippen molar-refractivity contribution in [2.45, 2.75) is 39.0 Å². The zero-order valence-corrected chi connectivity index (χ0v) is 23.3. The maximum atomic E-state index is 16.6. The number of hydrogen-bond acceptors (Lipinski definition) is 11. The summed E-state index contributed by atoms with van der Waals surface area (Å²) in [7, 11) is 1.39. The summed E-state index contributed by atoms with van der Waals surface area (Å²) < 4.78 is 43.2. The van der Waals surface area contributed by atoms with E-state index in [2.05, 4.69) is 19.9 Å². The Bertz CT molecular complexity index is 1910. The van der Waals surface area contributed by atoms with E-state index in [0.717, 1.165) is 16.9 Å². The fourth-order valence-corrected chi connectivity index (χ4v) is 6.26. The first-order valence-corrected chi connectivity index (χ1v) is 13.5. The highest BCUT2D eigenvalue weighted by Crippen LogP contribution is 2.46. The maximum Gasteiger partial charge on any atom is 0.318 e. The standard InChI is InChI=1S/C28H24F2N8O2S/c1-11-13(3)40-27-19-22(36-28(39-4)37-26(19)38(11)12(2)14-6-5-9-34-24(14)32)20(30)21(35-27)15-7-8-17(29)23-18(15)16(10-31)25(33)41-23/h5-9,11-13H,33H2,1-4H3,(H2,32,34). The van der Waals surface area contributed by atoms with Crippen LogP contribution in [0.25, 0.3) is 32.2 Å². The zero-order valence-electron chi connectivity index (χ0n) is 22.4. The van der Waals surface area contributed by atoms with E-state index in [1.807, 2.05) is 37.8 Å². The van der Waals surface area contributed by atoms with Gasteiger partial charge >= 0.3 is 6.01 Å². The number of halogens is 2. The Balaban J connectivity index is 1.68. The molecule has 0 radical (unpaired) electrons. The Morgan fingerprint density at radius 2 is 1.93 bits per heavy atom. The number of thiophene rings is 1. The van der Waals surface area contributed by atoms with Crippen LogP contribution >= 0.6 is 11.3 Å². The van der Waals surface area contributed by atoms with Gasteiger partial charge in [-0.05, 0) is 39.0 Å². The summed E-state index contributed by atoms with van der Waals surface area (Å²) in [6.45, 7) is 5.77. The average Bonchev–Trinajstić information content (AvgIpc) is 3.26. The van der Waals surface area contributed by atoms with Crippen molar-refractivity contribution >= 4 is 49.0 Å². The van der Waals surface area contributed by atoms with Gasteiger partial charge in [-0.3, -0.25) is 0 Å². The molecule has 1 aliphatic heterocycles. The molecule has 0 spiro atoms. The van der Waals surface area contributed by atoms with Crippen molar-refractivity contribution in [2.75, 3.05) is 23.5 Å². The van der Waals surface area contributed by atoms with Crippen LogP contribution in [0.1, 0.15) is 37.9 Å². The second-order valence-electron chi connectivity index (χ2n) is 9.71. The molecule has 10 nitrogen and oxygen atoms in total. The van der Waals surface area contributed by atoms with Crippen LogP contribution in [0, 0.1) is 23.0 Å². The van der Waals surface area contributed by atoms with E-state index >= 15 is 4.39 Å². The molecule has 1 aromatic carbocycles. The molecule has 0 fully saturated rings. The fourth-order valence-electron chi connectivity index (χ4n) is 5.31. The monoisotopic (exact) mass is 574 g/mol. The Morgan fingerprint density at radius 1 is 1.15 bits per heavy atom. The van der Waals surface area contributed by atoms with Crippen LogP contribution in [0.15, 0.2) is 30.5 Å². The molecule has 0 saturated heterocycles. The summed E-state index contributed by atoms with van der Waals surface area (Å²) in [6, 6.07) is 7.50. The molecule has 208 valence electrons. The molecule has 6 rings (SSSR count). The minimum Gasteiger partial charge on any atom is -0.472 e. The number of hydrogen-bond donors (Lipinski definition) is 2. The number of pyridine rings is 2. The van der Waals surface area contributed by atoms with E-state index in [4.69, 9.17) is 20.9 Å². The van der Waals surface area contributed by atoms with Gasteiger partial charge in [0, 0.05) is 22.7 Å². The summed E-state index contributed by atoms with van der Waals surface area (Å²) in [5.41, 5.74) is 13.0. The molecule has 13 heteroatoms. The highest BCUT2D eigenvalue weighted by atomic mass is 32.1. The molecule has 5 aromatic rings. The number of aromatic nitrogens is 4. The lowest BCUT2D eigenvalue weighted by Gasteiger charge is -2.37. The highest BCUT2D eigenvalue weighted by Gasteiger charge is 2.37. The van der Waals surface area contributed by atoms with Crippen molar-refractivity contribution in [2.24, 2.45) is 0 Å². The second-order valence-corrected chi connectivity index (χ2v) is 10.8. The molecule has 3 unspecified atom stereocenters. The fraction of sp³-hybridized carbons (Fsp3) is 0.250. The van der Waals surface area contributed by atoms with E-state index in [1.165, 1.54) is 19.2 Å². The van der Waals surface area contributed by atoms with Crippen molar-refractivity contribution in [3.63, 3.8) is 0 Å². The highest BCUT2D eigenvalue weighted by molar-refractivity contribution is 7.23. The Labute approximate surface area is 237 Å². The van der Waals surface area contributed by atoms with E-state index in [9.17, 15) is 9.65 Å². The summed E-state index contributed by atoms with van der Waals surface area (Å²) in [5.74, 6) is -0.612. The van der Waals surface area contributed by atoms with Gasteiger partial charge in [0.25, 0.3) is 0 Å². The van der Waals surface area contributed by atoms with Gasteiger partial charge in [0.05, 0.1) is 29.5 Å². The molecular formula is C28H24F2N8O2S. The number of methoxy groups -OCH3 is 1. The molecular weight excluding hydrogens is 550 g/mol. The van der Waals surface area contributed by atoms with Crippen LogP contribution in [0.2, 0.25) is 0 Å². The summed E-state index contributed by atoms with van der Waals surface area (Å²) in [4.78, 5) is 19.8. The van der Waals surface area contributed by atoms with E-state index in [1.54, 1.807) is 12.3 Å². The third-order valence-corrected chi connectivity index (χ3v) is 8.51. The molecule has 0 saturated carbocycles. The smallest absolute Gasteiger partial charge is 0.318 e. The van der Waals surface area contributed by atoms with Gasteiger partial charge in [0.1, 0.15) is 51.2 Å². The third kappa shape index (κ3) is 3.93. The molecule has 4 N–H and O–H groups in total. The number of nitrogens with two attached hydrogens (primary N) is 2. The summed E-state index contributed by atoms with van der Waals surface area (Å²) >= 11 is 0.916. The minimum atomic E-state index is -0.813. The molecule has 0 bridgehead atoms. The van der Waals surface area contributed by atoms with Crippen molar-refractivity contribution in [3.8, 4) is 29.2 Å². The van der Waals surface area contributed by atoms with Crippen molar-refractivity contribution < 1.29 is 18.3 Å². The van der Waals surface area contributed by atoms with E-state index in [0.29, 0.717) is 11.6 Å². The topological polar surface area (TPSA) is 149 Å².